The van der Waals surface area contributed by atoms with Gasteiger partial charge in [-0.2, -0.15) is 10.2 Å². The van der Waals surface area contributed by atoms with Crippen molar-refractivity contribution in [2.45, 2.75) is 6.92 Å². The molecule has 0 aliphatic carbocycles. The molecule has 1 aromatic heterocycles. The van der Waals surface area contributed by atoms with Crippen LogP contribution in [0.2, 0.25) is 0 Å². The molecule has 5 nitrogen and oxygen atoms in total. The molecule has 76 valence electrons. The van der Waals surface area contributed by atoms with Crippen molar-refractivity contribution >= 4 is 5.69 Å². The van der Waals surface area contributed by atoms with Crippen LogP contribution in [0.5, 0.6) is 5.88 Å². The average molecular weight is 202 g/mol. The van der Waals surface area contributed by atoms with E-state index in [4.69, 9.17) is 5.53 Å². The van der Waals surface area contributed by atoms with Gasteiger partial charge in [0.1, 0.15) is 0 Å². The zero-order chi connectivity index (χ0) is 10.8. The summed E-state index contributed by atoms with van der Waals surface area (Å²) >= 11 is 0. The maximum absolute atomic E-state index is 9.55. The van der Waals surface area contributed by atoms with Crippen LogP contribution >= 0.6 is 0 Å². The molecule has 0 radical (unpaired) electrons. The van der Waals surface area contributed by atoms with Crippen molar-refractivity contribution in [3.05, 3.63) is 36.0 Å². The molecule has 0 aliphatic heterocycles. The van der Waals surface area contributed by atoms with Crippen molar-refractivity contribution in [1.29, 1.82) is 5.53 Å². The number of rotatable bonds is 2. The number of aryl methyl sites for hydroxylation is 1. The summed E-state index contributed by atoms with van der Waals surface area (Å²) in [5.74, 6) is 0.100. The standard InChI is InChI=1S/C10H10N4O/c1-7-6-10(15)14(13-7)9-4-2-8(12-11)3-5-9/h2-6,11,15H,1H3. The summed E-state index contributed by atoms with van der Waals surface area (Å²) in [5, 5.41) is 17.0. The normalized spacial score (nSPS) is 10.2. The molecule has 1 heterocycles. The third-order valence-corrected chi connectivity index (χ3v) is 2.04. The number of aromatic nitrogens is 2. The molecule has 2 rings (SSSR count). The van der Waals surface area contributed by atoms with E-state index >= 15 is 0 Å². The number of aromatic hydroxyl groups is 1. The second-order valence-electron chi connectivity index (χ2n) is 3.18. The third kappa shape index (κ3) is 1.71. The van der Waals surface area contributed by atoms with Gasteiger partial charge in [-0.1, -0.05) is 0 Å². The first-order valence-electron chi connectivity index (χ1n) is 4.44. The lowest BCUT2D eigenvalue weighted by Crippen LogP contribution is -1.95. The molecule has 5 heteroatoms. The number of nitrogens with zero attached hydrogens (tertiary/aromatic N) is 3. The molecule has 0 atom stereocenters. The zero-order valence-electron chi connectivity index (χ0n) is 8.18. The molecule has 0 saturated carbocycles. The average Bonchev–Trinajstić information content (AvgIpc) is 2.58. The predicted molar refractivity (Wildman–Crippen MR) is 54.8 cm³/mol. The number of hydrogen-bond acceptors (Lipinski definition) is 4. The van der Waals surface area contributed by atoms with Crippen LogP contribution < -0.4 is 0 Å². The van der Waals surface area contributed by atoms with Crippen LogP contribution in [-0.4, -0.2) is 14.9 Å². The quantitative estimate of drug-likeness (QED) is 0.734. The lowest BCUT2D eigenvalue weighted by atomic mass is 10.3. The maximum atomic E-state index is 9.55. The van der Waals surface area contributed by atoms with E-state index in [1.807, 2.05) is 6.92 Å². The van der Waals surface area contributed by atoms with E-state index < -0.39 is 0 Å². The van der Waals surface area contributed by atoms with Crippen molar-refractivity contribution in [3.63, 3.8) is 0 Å². The van der Waals surface area contributed by atoms with E-state index in [0.717, 1.165) is 11.4 Å². The number of hydrogen-bond donors (Lipinski definition) is 2. The Balaban J connectivity index is 2.45. The molecule has 0 amide bonds. The van der Waals surface area contributed by atoms with E-state index in [9.17, 15) is 5.11 Å². The topological polar surface area (TPSA) is 74.3 Å². The van der Waals surface area contributed by atoms with Gasteiger partial charge in [0.15, 0.2) is 0 Å². The first-order chi connectivity index (χ1) is 7.20. The summed E-state index contributed by atoms with van der Waals surface area (Å²) in [6.07, 6.45) is 0. The number of nitrogens with one attached hydrogen (secondary N) is 1. The zero-order valence-corrected chi connectivity index (χ0v) is 8.18. The van der Waals surface area contributed by atoms with E-state index in [1.54, 1.807) is 30.3 Å². The molecule has 15 heavy (non-hydrogen) atoms. The smallest absolute Gasteiger partial charge is 0.214 e. The van der Waals surface area contributed by atoms with Gasteiger partial charge >= 0.3 is 0 Å². The predicted octanol–water partition coefficient (Wildman–Crippen LogP) is 2.55. The maximum Gasteiger partial charge on any atom is 0.214 e. The lowest BCUT2D eigenvalue weighted by Gasteiger charge is -2.02. The summed E-state index contributed by atoms with van der Waals surface area (Å²) in [4.78, 5) is 0. The first kappa shape index (κ1) is 9.39. The van der Waals surface area contributed by atoms with Gasteiger partial charge in [0, 0.05) is 6.07 Å². The van der Waals surface area contributed by atoms with Gasteiger partial charge < -0.3 is 5.11 Å². The van der Waals surface area contributed by atoms with Gasteiger partial charge in [0.05, 0.1) is 17.1 Å². The van der Waals surface area contributed by atoms with Crippen molar-refractivity contribution in [2.75, 3.05) is 0 Å². The van der Waals surface area contributed by atoms with Gasteiger partial charge in [-0.05, 0) is 31.2 Å². The minimum absolute atomic E-state index is 0.100. The minimum atomic E-state index is 0.100. The fourth-order valence-electron chi connectivity index (χ4n) is 1.34. The Bertz CT molecular complexity index is 487. The van der Waals surface area contributed by atoms with Gasteiger partial charge in [0.2, 0.25) is 5.88 Å². The molecule has 2 aromatic rings. The van der Waals surface area contributed by atoms with Crippen molar-refractivity contribution in [1.82, 2.24) is 9.78 Å². The first-order valence-corrected chi connectivity index (χ1v) is 4.44. The second kappa shape index (κ2) is 3.53. The highest BCUT2D eigenvalue weighted by molar-refractivity contribution is 5.45. The van der Waals surface area contributed by atoms with Crippen LogP contribution in [0.15, 0.2) is 35.4 Å². The molecule has 0 saturated heterocycles. The Morgan fingerprint density at radius 2 is 2.00 bits per heavy atom. The molecular formula is C10H10N4O. The monoisotopic (exact) mass is 202 g/mol. The van der Waals surface area contributed by atoms with Crippen molar-refractivity contribution in [2.24, 2.45) is 5.11 Å². The molecule has 2 N–H and O–H groups in total. The van der Waals surface area contributed by atoms with Crippen LogP contribution in [0.4, 0.5) is 5.69 Å². The van der Waals surface area contributed by atoms with Crippen LogP contribution in [0.25, 0.3) is 5.69 Å². The largest absolute Gasteiger partial charge is 0.493 e. The molecular weight excluding hydrogens is 192 g/mol. The summed E-state index contributed by atoms with van der Waals surface area (Å²) in [7, 11) is 0. The molecule has 0 spiro atoms. The van der Waals surface area contributed by atoms with Gasteiger partial charge in [-0.3, -0.25) is 0 Å². The van der Waals surface area contributed by atoms with E-state index in [1.165, 1.54) is 4.68 Å². The molecule has 0 aliphatic rings. The summed E-state index contributed by atoms with van der Waals surface area (Å²) in [6, 6.07) is 8.47. The van der Waals surface area contributed by atoms with Gasteiger partial charge in [-0.15, -0.1) is 0 Å². The van der Waals surface area contributed by atoms with E-state index in [0.29, 0.717) is 5.69 Å². The fraction of sp³-hybridized carbons (Fsp3) is 0.100. The van der Waals surface area contributed by atoms with Crippen LogP contribution in [0.3, 0.4) is 0 Å². The van der Waals surface area contributed by atoms with Gasteiger partial charge in [-0.25, -0.2) is 10.2 Å². The third-order valence-electron chi connectivity index (χ3n) is 2.04. The highest BCUT2D eigenvalue weighted by atomic mass is 16.3. The van der Waals surface area contributed by atoms with Crippen molar-refractivity contribution in [3.8, 4) is 11.6 Å². The Hall–Kier alpha value is -2.17. The fourth-order valence-corrected chi connectivity index (χ4v) is 1.34. The highest BCUT2D eigenvalue weighted by Crippen LogP contribution is 2.20. The SMILES string of the molecule is Cc1cc(O)n(-c2ccc(N=N)cc2)n1. The number of benzene rings is 1. The van der Waals surface area contributed by atoms with Gasteiger partial charge in [0.25, 0.3) is 0 Å². The molecule has 0 unspecified atom stereocenters. The summed E-state index contributed by atoms with van der Waals surface area (Å²) in [5.41, 5.74) is 8.88. The molecule has 0 fully saturated rings. The molecule has 0 bridgehead atoms. The Morgan fingerprint density at radius 1 is 1.33 bits per heavy atom. The summed E-state index contributed by atoms with van der Waals surface area (Å²) in [6.45, 7) is 1.81. The van der Waals surface area contributed by atoms with Crippen molar-refractivity contribution < 1.29 is 5.11 Å². The Labute approximate surface area is 86.5 Å². The molecule has 1 aromatic carbocycles. The minimum Gasteiger partial charge on any atom is -0.493 e. The summed E-state index contributed by atoms with van der Waals surface area (Å²) < 4.78 is 1.43. The van der Waals surface area contributed by atoms with Crippen LogP contribution in [-0.2, 0) is 0 Å². The second-order valence-corrected chi connectivity index (χ2v) is 3.18. The van der Waals surface area contributed by atoms with Crippen LogP contribution in [0.1, 0.15) is 5.69 Å². The van der Waals surface area contributed by atoms with Crippen LogP contribution in [0, 0.1) is 12.5 Å². The Morgan fingerprint density at radius 3 is 2.47 bits per heavy atom. The highest BCUT2D eigenvalue weighted by Gasteiger charge is 2.05. The lowest BCUT2D eigenvalue weighted by molar-refractivity contribution is 0.433. The Kier molecular flexibility index (Phi) is 2.21. The van der Waals surface area contributed by atoms with E-state index in [-0.39, 0.29) is 5.88 Å². The van der Waals surface area contributed by atoms with E-state index in [2.05, 4.69) is 10.2 Å².